The first-order chi connectivity index (χ1) is 16.5. The number of nitrogens with zero attached hydrogens (tertiary/aromatic N) is 2. The molecule has 0 aliphatic heterocycles. The minimum absolute atomic E-state index is 0.00842. The lowest BCUT2D eigenvalue weighted by Crippen LogP contribution is -2.55. The molecule has 12 nitrogen and oxygen atoms in total. The average Bonchev–Trinajstić information content (AvgIpc) is 2.81. The highest BCUT2D eigenvalue weighted by molar-refractivity contribution is 5.86. The van der Waals surface area contributed by atoms with E-state index >= 15 is 8.78 Å². The molecule has 3 N–H and O–H groups in total. The lowest BCUT2D eigenvalue weighted by molar-refractivity contribution is -0.150. The number of hydrogen-bond donors (Lipinski definition) is 2. The number of nitrogen functional groups attached to an aromatic ring is 1. The lowest BCUT2D eigenvalue weighted by atomic mass is 10.1. The molecule has 14 heteroatoms. The van der Waals surface area contributed by atoms with Crippen molar-refractivity contribution in [2.75, 3.05) is 25.6 Å². The lowest BCUT2D eigenvalue weighted by Gasteiger charge is -2.28. The highest BCUT2D eigenvalue weighted by Gasteiger charge is 2.55. The first kappa shape index (κ1) is 29.7. The SMILES string of the molecule is CCCCCOC(=O)OC[C@@H](O)[C@@H](OC(=O)OCCCCC)C(F)(F)C(=O)n1ccc(N)nc1=O. The van der Waals surface area contributed by atoms with Crippen LogP contribution in [0.4, 0.5) is 24.2 Å². The van der Waals surface area contributed by atoms with Crippen molar-refractivity contribution in [1.82, 2.24) is 9.55 Å². The van der Waals surface area contributed by atoms with Gasteiger partial charge in [0.25, 0.3) is 0 Å². The molecular weight excluding hydrogens is 476 g/mol. The summed E-state index contributed by atoms with van der Waals surface area (Å²) in [7, 11) is 0. The number of unbranched alkanes of at least 4 members (excludes halogenated alkanes) is 4. The number of aliphatic hydroxyl groups excluding tert-OH is 1. The second kappa shape index (κ2) is 14.9. The molecule has 0 radical (unpaired) electrons. The summed E-state index contributed by atoms with van der Waals surface area (Å²) in [4.78, 5) is 51.0. The maximum atomic E-state index is 15.1. The van der Waals surface area contributed by atoms with Crippen LogP contribution in [-0.2, 0) is 18.9 Å². The number of anilines is 1. The van der Waals surface area contributed by atoms with Crippen LogP contribution in [0.15, 0.2) is 17.1 Å². The smallest absolute Gasteiger partial charge is 0.434 e. The molecule has 1 rings (SSSR count). The molecule has 0 bridgehead atoms. The molecular formula is C21H31F2N3O9. The molecule has 1 aromatic rings. The Morgan fingerprint density at radius 2 is 1.63 bits per heavy atom. The van der Waals surface area contributed by atoms with Gasteiger partial charge in [-0.05, 0) is 18.9 Å². The van der Waals surface area contributed by atoms with E-state index in [1.54, 1.807) is 0 Å². The Morgan fingerprint density at radius 3 is 2.17 bits per heavy atom. The highest BCUT2D eigenvalue weighted by atomic mass is 19.3. The number of nitrogens with two attached hydrogens (primary N) is 1. The summed E-state index contributed by atoms with van der Waals surface area (Å²) in [6, 6.07) is 0.918. The molecule has 1 heterocycles. The van der Waals surface area contributed by atoms with Crippen molar-refractivity contribution in [1.29, 1.82) is 0 Å². The van der Waals surface area contributed by atoms with Crippen LogP contribution in [0.25, 0.3) is 0 Å². The number of hydrogen-bond acceptors (Lipinski definition) is 11. The fourth-order valence-electron chi connectivity index (χ4n) is 2.68. The average molecular weight is 507 g/mol. The van der Waals surface area contributed by atoms with Gasteiger partial charge in [-0.3, -0.25) is 4.79 Å². The second-order valence-electron chi connectivity index (χ2n) is 7.46. The van der Waals surface area contributed by atoms with E-state index in [0.717, 1.165) is 25.3 Å². The van der Waals surface area contributed by atoms with Crippen molar-refractivity contribution in [3.8, 4) is 0 Å². The van der Waals surface area contributed by atoms with Crippen LogP contribution in [0, 0.1) is 0 Å². The van der Waals surface area contributed by atoms with Gasteiger partial charge in [-0.1, -0.05) is 39.5 Å². The Hall–Kier alpha value is -3.29. The predicted octanol–water partition coefficient (Wildman–Crippen LogP) is 2.52. The molecule has 0 saturated heterocycles. The third-order valence-electron chi connectivity index (χ3n) is 4.57. The first-order valence-electron chi connectivity index (χ1n) is 11.1. The second-order valence-corrected chi connectivity index (χ2v) is 7.46. The molecule has 0 spiro atoms. The van der Waals surface area contributed by atoms with Crippen LogP contribution in [0.3, 0.4) is 0 Å². The maximum absolute atomic E-state index is 15.1. The Labute approximate surface area is 200 Å². The quantitative estimate of drug-likeness (QED) is 0.280. The van der Waals surface area contributed by atoms with Crippen molar-refractivity contribution in [3.63, 3.8) is 0 Å². The third-order valence-corrected chi connectivity index (χ3v) is 4.57. The van der Waals surface area contributed by atoms with Crippen LogP contribution in [-0.4, -0.2) is 70.8 Å². The van der Waals surface area contributed by atoms with Gasteiger partial charge in [-0.2, -0.15) is 13.8 Å². The first-order valence-corrected chi connectivity index (χ1v) is 11.1. The van der Waals surface area contributed by atoms with Crippen LogP contribution >= 0.6 is 0 Å². The van der Waals surface area contributed by atoms with Gasteiger partial charge in [-0.15, -0.1) is 0 Å². The van der Waals surface area contributed by atoms with Crippen molar-refractivity contribution in [2.24, 2.45) is 0 Å². The third kappa shape index (κ3) is 9.84. The van der Waals surface area contributed by atoms with Gasteiger partial charge in [0.1, 0.15) is 18.5 Å². The van der Waals surface area contributed by atoms with E-state index in [-0.39, 0.29) is 23.6 Å². The molecule has 0 aliphatic rings. The van der Waals surface area contributed by atoms with E-state index in [2.05, 4.69) is 14.5 Å². The van der Waals surface area contributed by atoms with Crippen LogP contribution in [0.1, 0.15) is 57.2 Å². The summed E-state index contributed by atoms with van der Waals surface area (Å²) in [6.45, 7) is 2.56. The number of aromatic nitrogens is 2. The van der Waals surface area contributed by atoms with E-state index in [1.807, 2.05) is 13.8 Å². The van der Waals surface area contributed by atoms with Gasteiger partial charge in [-0.25, -0.2) is 19.0 Å². The van der Waals surface area contributed by atoms with Crippen LogP contribution < -0.4 is 11.4 Å². The minimum atomic E-state index is -4.67. The molecule has 0 amide bonds. The topological polar surface area (TPSA) is 169 Å². The monoisotopic (exact) mass is 507 g/mol. The molecule has 2 atom stereocenters. The van der Waals surface area contributed by atoms with Gasteiger partial charge < -0.3 is 29.8 Å². The number of carbonyl (C=O) groups is 3. The number of carbonyl (C=O) groups excluding carboxylic acids is 3. The number of ether oxygens (including phenoxy) is 4. The Balaban J connectivity index is 2.99. The van der Waals surface area contributed by atoms with Crippen LogP contribution in [0.5, 0.6) is 0 Å². The summed E-state index contributed by atoms with van der Waals surface area (Å²) in [6.07, 6.45) is -3.38. The summed E-state index contributed by atoms with van der Waals surface area (Å²) < 4.78 is 48.7. The predicted molar refractivity (Wildman–Crippen MR) is 117 cm³/mol. The number of aliphatic hydroxyl groups is 1. The molecule has 0 saturated carbocycles. The van der Waals surface area contributed by atoms with Crippen molar-refractivity contribution in [3.05, 3.63) is 22.7 Å². The summed E-state index contributed by atoms with van der Waals surface area (Å²) in [5.74, 6) is -7.16. The number of alkyl halides is 2. The molecule has 0 aromatic carbocycles. The zero-order valence-corrected chi connectivity index (χ0v) is 19.6. The fourth-order valence-corrected chi connectivity index (χ4v) is 2.68. The van der Waals surface area contributed by atoms with Crippen molar-refractivity contribution in [2.45, 2.75) is 70.5 Å². The van der Waals surface area contributed by atoms with Crippen LogP contribution in [0.2, 0.25) is 0 Å². The van der Waals surface area contributed by atoms with Gasteiger partial charge in [0, 0.05) is 6.20 Å². The summed E-state index contributed by atoms with van der Waals surface area (Å²) in [5.41, 5.74) is 3.87. The van der Waals surface area contributed by atoms with Gasteiger partial charge in [0.05, 0.1) is 13.2 Å². The normalized spacial score (nSPS) is 12.9. The standard InChI is InChI=1S/C21H31F2N3O9/c1-3-5-7-11-32-19(30)34-13-14(27)16(35-20(31)33-12-8-6-4-2)21(22,23)17(28)26-10-9-15(24)25-18(26)29/h9-10,14,16,27H,3-8,11-13H2,1-2H3,(H2,24,25,29)/t14-,16-/m1/s1. The van der Waals surface area contributed by atoms with E-state index in [1.165, 1.54) is 0 Å². The molecule has 1 aromatic heterocycles. The maximum Gasteiger partial charge on any atom is 0.508 e. The fraction of sp³-hybridized carbons (Fsp3) is 0.667. The minimum Gasteiger partial charge on any atom is -0.434 e. The number of rotatable bonds is 14. The van der Waals surface area contributed by atoms with Gasteiger partial charge >= 0.3 is 29.8 Å². The summed E-state index contributed by atoms with van der Waals surface area (Å²) >= 11 is 0. The van der Waals surface area contributed by atoms with Gasteiger partial charge in [0.15, 0.2) is 0 Å². The molecule has 35 heavy (non-hydrogen) atoms. The Kier molecular flexibility index (Phi) is 12.6. The van der Waals surface area contributed by atoms with Crippen molar-refractivity contribution >= 4 is 24.0 Å². The largest absolute Gasteiger partial charge is 0.508 e. The van der Waals surface area contributed by atoms with Crippen molar-refractivity contribution < 1.29 is 47.2 Å². The molecule has 0 fully saturated rings. The summed E-state index contributed by atoms with van der Waals surface area (Å²) in [5, 5.41) is 10.3. The van der Waals surface area contributed by atoms with Gasteiger partial charge in [0.2, 0.25) is 6.10 Å². The van der Waals surface area contributed by atoms with E-state index in [9.17, 15) is 24.3 Å². The zero-order valence-electron chi connectivity index (χ0n) is 19.6. The van der Waals surface area contributed by atoms with E-state index in [0.29, 0.717) is 25.5 Å². The molecule has 0 aliphatic carbocycles. The zero-order chi connectivity index (χ0) is 26.4. The Bertz CT molecular complexity index is 895. The number of halogens is 2. The van der Waals surface area contributed by atoms with E-state index < -0.39 is 48.6 Å². The molecule has 0 unspecified atom stereocenters. The molecule has 198 valence electrons. The highest BCUT2D eigenvalue weighted by Crippen LogP contribution is 2.27. The Morgan fingerprint density at radius 1 is 1.06 bits per heavy atom. The van der Waals surface area contributed by atoms with E-state index in [4.69, 9.17) is 15.2 Å².